The van der Waals surface area contributed by atoms with Crippen molar-refractivity contribution in [3.05, 3.63) is 55.8 Å². The molecule has 0 saturated carbocycles. The number of halogens is 2. The van der Waals surface area contributed by atoms with Gasteiger partial charge in [0.2, 0.25) is 16.8 Å². The van der Waals surface area contributed by atoms with E-state index in [4.69, 9.17) is 9.47 Å². The lowest BCUT2D eigenvalue weighted by Gasteiger charge is -2.14. The van der Waals surface area contributed by atoms with E-state index in [0.29, 0.717) is 26.0 Å². The summed E-state index contributed by atoms with van der Waals surface area (Å²) in [6.07, 6.45) is 1.59. The van der Waals surface area contributed by atoms with E-state index >= 15 is 0 Å². The molecule has 1 saturated heterocycles. The van der Waals surface area contributed by atoms with Crippen LogP contribution in [0.3, 0.4) is 0 Å². The molecule has 0 radical (unpaired) electrons. The molecule has 4 rings (SSSR count). The molecule has 0 unspecified atom stereocenters. The van der Waals surface area contributed by atoms with Gasteiger partial charge in [-0.2, -0.15) is 0 Å². The van der Waals surface area contributed by atoms with Crippen molar-refractivity contribution >= 4 is 70.9 Å². The van der Waals surface area contributed by atoms with Crippen LogP contribution in [0.25, 0.3) is 6.08 Å². The van der Waals surface area contributed by atoms with Gasteiger partial charge in [0, 0.05) is 22.0 Å². The van der Waals surface area contributed by atoms with Gasteiger partial charge >= 0.3 is 0 Å². The second-order valence-electron chi connectivity index (χ2n) is 6.42. The molecule has 0 aliphatic carbocycles. The first kappa shape index (κ1) is 22.3. The SMILES string of the molecule is O=C1S/C(=C\c2ccc3c(c2)OCO3)C(=O)N1CCNS(=O)(=O)c1cc(Br)ccc1Br. The minimum absolute atomic E-state index is 0.0544. The van der Waals surface area contributed by atoms with E-state index in [1.54, 1.807) is 36.4 Å². The van der Waals surface area contributed by atoms with Gasteiger partial charge in [-0.05, 0) is 69.7 Å². The van der Waals surface area contributed by atoms with E-state index in [1.165, 1.54) is 6.07 Å². The maximum atomic E-state index is 12.6. The van der Waals surface area contributed by atoms with Gasteiger partial charge in [0.1, 0.15) is 0 Å². The second-order valence-corrected chi connectivity index (χ2v) is 10.9. The molecule has 2 aromatic carbocycles. The first-order chi connectivity index (χ1) is 14.7. The third-order valence-corrected chi connectivity index (χ3v) is 8.23. The van der Waals surface area contributed by atoms with Crippen LogP contribution in [0.5, 0.6) is 11.5 Å². The number of hydrogen-bond donors (Lipinski definition) is 1. The van der Waals surface area contributed by atoms with Crippen LogP contribution in [0.4, 0.5) is 4.79 Å². The van der Waals surface area contributed by atoms with Crippen molar-refractivity contribution in [2.45, 2.75) is 4.90 Å². The maximum Gasteiger partial charge on any atom is 0.293 e. The molecule has 12 heteroatoms. The van der Waals surface area contributed by atoms with E-state index in [-0.39, 0.29) is 29.7 Å². The Labute approximate surface area is 199 Å². The largest absolute Gasteiger partial charge is 0.454 e. The third kappa shape index (κ3) is 4.82. The standard InChI is InChI=1S/C19H14Br2N2O6S2/c20-12-2-3-13(21)17(9-12)31(26,27)22-5-6-23-18(24)16(30-19(23)25)8-11-1-4-14-15(7-11)29-10-28-14/h1-4,7-9,22H,5-6,10H2/b16-8-. The fourth-order valence-electron chi connectivity index (χ4n) is 2.90. The molecule has 162 valence electrons. The lowest BCUT2D eigenvalue weighted by atomic mass is 10.2. The Morgan fingerprint density at radius 1 is 1.10 bits per heavy atom. The molecule has 2 aromatic rings. The number of imide groups is 1. The molecule has 1 fully saturated rings. The van der Waals surface area contributed by atoms with Gasteiger partial charge in [-0.15, -0.1) is 0 Å². The molecule has 0 atom stereocenters. The highest BCUT2D eigenvalue weighted by atomic mass is 79.9. The number of carbonyl (C=O) groups excluding carboxylic acids is 2. The summed E-state index contributed by atoms with van der Waals surface area (Å²) in [5.74, 6) is 0.714. The van der Waals surface area contributed by atoms with Crippen LogP contribution in [0, 0.1) is 0 Å². The Balaban J connectivity index is 1.42. The Kier molecular flexibility index (Phi) is 6.44. The predicted molar refractivity (Wildman–Crippen MR) is 122 cm³/mol. The van der Waals surface area contributed by atoms with Gasteiger partial charge in [-0.25, -0.2) is 13.1 Å². The summed E-state index contributed by atoms with van der Waals surface area (Å²) < 4.78 is 39.1. The minimum atomic E-state index is -3.83. The van der Waals surface area contributed by atoms with E-state index in [1.807, 2.05) is 0 Å². The number of carbonyl (C=O) groups is 2. The van der Waals surface area contributed by atoms with Crippen LogP contribution in [-0.2, 0) is 14.8 Å². The zero-order chi connectivity index (χ0) is 22.2. The summed E-state index contributed by atoms with van der Waals surface area (Å²) in [6.45, 7) is -0.0632. The molecular formula is C19H14Br2N2O6S2. The van der Waals surface area contributed by atoms with Gasteiger partial charge in [-0.3, -0.25) is 14.5 Å². The van der Waals surface area contributed by atoms with Crippen molar-refractivity contribution in [3.8, 4) is 11.5 Å². The fraction of sp³-hybridized carbons (Fsp3) is 0.158. The van der Waals surface area contributed by atoms with Crippen molar-refractivity contribution in [1.82, 2.24) is 9.62 Å². The van der Waals surface area contributed by atoms with Crippen LogP contribution in [0.1, 0.15) is 5.56 Å². The number of nitrogens with zero attached hydrogens (tertiary/aromatic N) is 1. The highest BCUT2D eigenvalue weighted by Gasteiger charge is 2.35. The molecule has 2 aliphatic rings. The predicted octanol–water partition coefficient (Wildman–Crippen LogP) is 3.96. The summed E-state index contributed by atoms with van der Waals surface area (Å²) in [5, 5.41) is -0.458. The second kappa shape index (κ2) is 8.94. The summed E-state index contributed by atoms with van der Waals surface area (Å²) in [5.41, 5.74) is 0.690. The molecule has 1 N–H and O–H groups in total. The smallest absolute Gasteiger partial charge is 0.293 e. The molecule has 2 amide bonds. The van der Waals surface area contributed by atoms with E-state index in [0.717, 1.165) is 16.7 Å². The number of thioether (sulfide) groups is 1. The number of amides is 2. The topological polar surface area (TPSA) is 102 Å². The van der Waals surface area contributed by atoms with Crippen molar-refractivity contribution in [2.75, 3.05) is 19.9 Å². The Bertz CT molecular complexity index is 1220. The first-order valence-corrected chi connectivity index (χ1v) is 12.7. The van der Waals surface area contributed by atoms with Gasteiger partial charge in [0.05, 0.1) is 9.80 Å². The molecule has 0 spiro atoms. The van der Waals surface area contributed by atoms with E-state index in [9.17, 15) is 18.0 Å². The zero-order valence-electron chi connectivity index (χ0n) is 15.6. The summed E-state index contributed by atoms with van der Waals surface area (Å²) >= 11 is 7.26. The summed E-state index contributed by atoms with van der Waals surface area (Å²) in [7, 11) is -3.83. The first-order valence-electron chi connectivity index (χ1n) is 8.84. The number of nitrogens with one attached hydrogen (secondary N) is 1. The molecule has 31 heavy (non-hydrogen) atoms. The average Bonchev–Trinajstić information content (AvgIpc) is 3.29. The number of hydrogen-bond acceptors (Lipinski definition) is 7. The fourth-order valence-corrected chi connectivity index (χ4v) is 6.29. The van der Waals surface area contributed by atoms with Crippen LogP contribution in [0.15, 0.2) is 55.1 Å². The number of sulfonamides is 1. The third-order valence-electron chi connectivity index (χ3n) is 4.38. The van der Waals surface area contributed by atoms with Gasteiger partial charge < -0.3 is 9.47 Å². The van der Waals surface area contributed by atoms with Crippen LogP contribution in [-0.4, -0.2) is 44.3 Å². The van der Waals surface area contributed by atoms with Gasteiger partial charge in [-0.1, -0.05) is 22.0 Å². The monoisotopic (exact) mass is 588 g/mol. The Hall–Kier alpha value is -1.86. The molecular weight excluding hydrogens is 576 g/mol. The van der Waals surface area contributed by atoms with E-state index in [2.05, 4.69) is 36.6 Å². The van der Waals surface area contributed by atoms with Crippen molar-refractivity contribution in [2.24, 2.45) is 0 Å². The van der Waals surface area contributed by atoms with Gasteiger partial charge in [0.15, 0.2) is 11.5 Å². The lowest BCUT2D eigenvalue weighted by molar-refractivity contribution is -0.122. The zero-order valence-corrected chi connectivity index (χ0v) is 20.4. The maximum absolute atomic E-state index is 12.6. The minimum Gasteiger partial charge on any atom is -0.454 e. The number of rotatable bonds is 6. The molecule has 0 aromatic heterocycles. The molecule has 2 heterocycles. The van der Waals surface area contributed by atoms with Crippen molar-refractivity contribution in [1.29, 1.82) is 0 Å². The Morgan fingerprint density at radius 3 is 2.68 bits per heavy atom. The van der Waals surface area contributed by atoms with Crippen LogP contribution >= 0.6 is 43.6 Å². The Morgan fingerprint density at radius 2 is 1.87 bits per heavy atom. The van der Waals surface area contributed by atoms with Crippen LogP contribution in [0.2, 0.25) is 0 Å². The average molecular weight is 590 g/mol. The number of fused-ring (bicyclic) bond motifs is 1. The summed E-state index contributed by atoms with van der Waals surface area (Å²) in [6, 6.07) is 9.98. The lowest BCUT2D eigenvalue weighted by Crippen LogP contribution is -2.37. The highest BCUT2D eigenvalue weighted by molar-refractivity contribution is 9.11. The highest BCUT2D eigenvalue weighted by Crippen LogP contribution is 2.36. The van der Waals surface area contributed by atoms with E-state index < -0.39 is 21.2 Å². The normalized spacial score (nSPS) is 17.1. The van der Waals surface area contributed by atoms with Crippen molar-refractivity contribution in [3.63, 3.8) is 0 Å². The van der Waals surface area contributed by atoms with Gasteiger partial charge in [0.25, 0.3) is 11.1 Å². The van der Waals surface area contributed by atoms with Crippen molar-refractivity contribution < 1.29 is 27.5 Å². The quantitative estimate of drug-likeness (QED) is 0.509. The molecule has 0 bridgehead atoms. The number of benzene rings is 2. The number of ether oxygens (including phenoxy) is 2. The summed E-state index contributed by atoms with van der Waals surface area (Å²) in [4.78, 5) is 26.3. The molecule has 8 nitrogen and oxygen atoms in total. The van der Waals surface area contributed by atoms with Crippen LogP contribution < -0.4 is 14.2 Å². The molecule has 2 aliphatic heterocycles.